The Bertz CT molecular complexity index is 847. The number of ether oxygens (including phenoxy) is 1. The summed E-state index contributed by atoms with van der Waals surface area (Å²) in [5.74, 6) is -0.799. The molecule has 0 spiro atoms. The van der Waals surface area contributed by atoms with Crippen molar-refractivity contribution in [2.45, 2.75) is 32.0 Å². The molecular weight excluding hydrogens is 361 g/mol. The first-order valence-electron chi connectivity index (χ1n) is 8.32. The van der Waals surface area contributed by atoms with Crippen molar-refractivity contribution in [2.24, 2.45) is 0 Å². The standard InChI is InChI=1S/C18H19ClFN3O3/c1-26-10-9-23-17(24)8-7-16(21-23)18(25)22(12-5-6-12)11-13-14(19)3-2-4-15(13)20/h2-4,7-8,12H,5-6,9-11H2,1H3. The van der Waals surface area contributed by atoms with Gasteiger partial charge < -0.3 is 9.64 Å². The molecule has 6 nitrogen and oxygen atoms in total. The molecule has 8 heteroatoms. The minimum Gasteiger partial charge on any atom is -0.383 e. The second-order valence-electron chi connectivity index (χ2n) is 6.14. The Morgan fingerprint density at radius 3 is 2.81 bits per heavy atom. The number of hydrogen-bond acceptors (Lipinski definition) is 4. The predicted octanol–water partition coefficient (Wildman–Crippen LogP) is 2.49. The Morgan fingerprint density at radius 1 is 1.38 bits per heavy atom. The van der Waals surface area contributed by atoms with Gasteiger partial charge in [-0.15, -0.1) is 0 Å². The van der Waals surface area contributed by atoms with Gasteiger partial charge in [-0.2, -0.15) is 5.10 Å². The Kier molecular flexibility index (Phi) is 5.68. The van der Waals surface area contributed by atoms with Crippen LogP contribution in [0.2, 0.25) is 5.02 Å². The highest BCUT2D eigenvalue weighted by molar-refractivity contribution is 6.31. The third-order valence-electron chi connectivity index (χ3n) is 4.23. The highest BCUT2D eigenvalue weighted by atomic mass is 35.5. The number of amides is 1. The van der Waals surface area contributed by atoms with Crippen LogP contribution in [0.15, 0.2) is 35.1 Å². The van der Waals surface area contributed by atoms with Gasteiger partial charge in [-0.3, -0.25) is 9.59 Å². The van der Waals surface area contributed by atoms with E-state index in [1.807, 2.05) is 0 Å². The van der Waals surface area contributed by atoms with Crippen LogP contribution in [0.4, 0.5) is 4.39 Å². The molecule has 1 heterocycles. The van der Waals surface area contributed by atoms with Gasteiger partial charge in [-0.05, 0) is 31.0 Å². The Hall–Kier alpha value is -2.25. The maximum Gasteiger partial charge on any atom is 0.274 e. The van der Waals surface area contributed by atoms with E-state index in [0.29, 0.717) is 6.61 Å². The van der Waals surface area contributed by atoms with Gasteiger partial charge in [-0.1, -0.05) is 17.7 Å². The number of rotatable bonds is 7. The average Bonchev–Trinajstić information content (AvgIpc) is 3.45. The lowest BCUT2D eigenvalue weighted by molar-refractivity contribution is 0.0718. The summed E-state index contributed by atoms with van der Waals surface area (Å²) in [4.78, 5) is 26.4. The summed E-state index contributed by atoms with van der Waals surface area (Å²) >= 11 is 6.10. The van der Waals surface area contributed by atoms with E-state index in [2.05, 4.69) is 5.10 Å². The number of carbonyl (C=O) groups is 1. The fourth-order valence-electron chi connectivity index (χ4n) is 2.65. The van der Waals surface area contributed by atoms with Crippen LogP contribution in [0.3, 0.4) is 0 Å². The molecule has 2 aromatic rings. The number of methoxy groups -OCH3 is 1. The zero-order valence-corrected chi connectivity index (χ0v) is 15.1. The summed E-state index contributed by atoms with van der Waals surface area (Å²) < 4.78 is 20.3. The average molecular weight is 380 g/mol. The second kappa shape index (κ2) is 7.97. The van der Waals surface area contributed by atoms with Gasteiger partial charge >= 0.3 is 0 Å². The first kappa shape index (κ1) is 18.5. The molecule has 1 aromatic heterocycles. The highest BCUT2D eigenvalue weighted by Gasteiger charge is 2.34. The molecule has 0 bridgehead atoms. The van der Waals surface area contributed by atoms with Crippen molar-refractivity contribution in [3.05, 3.63) is 62.8 Å². The van der Waals surface area contributed by atoms with Crippen molar-refractivity contribution >= 4 is 17.5 Å². The molecule has 0 saturated heterocycles. The quantitative estimate of drug-likeness (QED) is 0.741. The molecule has 1 aromatic carbocycles. The highest BCUT2D eigenvalue weighted by Crippen LogP contribution is 2.31. The zero-order chi connectivity index (χ0) is 18.7. The number of carbonyl (C=O) groups excluding carboxylic acids is 1. The van der Waals surface area contributed by atoms with Gasteiger partial charge in [0.2, 0.25) is 0 Å². The zero-order valence-electron chi connectivity index (χ0n) is 14.3. The largest absolute Gasteiger partial charge is 0.383 e. The summed E-state index contributed by atoms with van der Waals surface area (Å²) in [6.45, 7) is 0.620. The van der Waals surface area contributed by atoms with Crippen molar-refractivity contribution in [3.63, 3.8) is 0 Å². The Morgan fingerprint density at radius 2 is 2.15 bits per heavy atom. The van der Waals surface area contributed by atoms with Crippen molar-refractivity contribution < 1.29 is 13.9 Å². The molecular formula is C18H19ClFN3O3. The van der Waals surface area contributed by atoms with Gasteiger partial charge in [0.1, 0.15) is 11.5 Å². The lowest BCUT2D eigenvalue weighted by Crippen LogP contribution is -2.35. The fourth-order valence-corrected chi connectivity index (χ4v) is 2.88. The molecule has 1 amide bonds. The molecule has 0 atom stereocenters. The molecule has 138 valence electrons. The molecule has 0 N–H and O–H groups in total. The topological polar surface area (TPSA) is 64.4 Å². The third-order valence-corrected chi connectivity index (χ3v) is 4.59. The summed E-state index contributed by atoms with van der Waals surface area (Å²) in [5.41, 5.74) is 0.107. The molecule has 1 saturated carbocycles. The van der Waals surface area contributed by atoms with E-state index >= 15 is 0 Å². The first-order valence-corrected chi connectivity index (χ1v) is 8.70. The van der Waals surface area contributed by atoms with Crippen LogP contribution in [-0.2, 0) is 17.8 Å². The molecule has 1 aliphatic rings. The van der Waals surface area contributed by atoms with E-state index < -0.39 is 5.82 Å². The summed E-state index contributed by atoms with van der Waals surface area (Å²) in [6, 6.07) is 7.17. The van der Waals surface area contributed by atoms with Crippen LogP contribution >= 0.6 is 11.6 Å². The molecule has 1 fully saturated rings. The lowest BCUT2D eigenvalue weighted by Gasteiger charge is -2.23. The van der Waals surface area contributed by atoms with E-state index in [0.717, 1.165) is 12.8 Å². The van der Waals surface area contributed by atoms with Crippen molar-refractivity contribution in [2.75, 3.05) is 13.7 Å². The van der Waals surface area contributed by atoms with Gasteiger partial charge in [-0.25, -0.2) is 9.07 Å². The number of aromatic nitrogens is 2. The predicted molar refractivity (Wildman–Crippen MR) is 94.7 cm³/mol. The van der Waals surface area contributed by atoms with Crippen LogP contribution in [0.1, 0.15) is 28.9 Å². The first-order chi connectivity index (χ1) is 12.5. The number of hydrogen-bond donors (Lipinski definition) is 0. The van der Waals surface area contributed by atoms with E-state index in [9.17, 15) is 14.0 Å². The fraction of sp³-hybridized carbons (Fsp3) is 0.389. The summed E-state index contributed by atoms with van der Waals surface area (Å²) in [6.07, 6.45) is 1.70. The molecule has 0 unspecified atom stereocenters. The van der Waals surface area contributed by atoms with Crippen molar-refractivity contribution in [1.82, 2.24) is 14.7 Å². The smallest absolute Gasteiger partial charge is 0.274 e. The Balaban J connectivity index is 1.87. The third kappa shape index (κ3) is 4.11. The summed E-state index contributed by atoms with van der Waals surface area (Å²) in [7, 11) is 1.52. The maximum atomic E-state index is 14.1. The normalized spacial score (nSPS) is 13.7. The lowest BCUT2D eigenvalue weighted by atomic mass is 10.2. The number of halogens is 2. The van der Waals surface area contributed by atoms with Gasteiger partial charge in [0.25, 0.3) is 11.5 Å². The minimum absolute atomic E-state index is 0.0272. The number of nitrogens with zero attached hydrogens (tertiary/aromatic N) is 3. The van der Waals surface area contributed by atoms with Crippen LogP contribution < -0.4 is 5.56 Å². The molecule has 3 rings (SSSR count). The van der Waals surface area contributed by atoms with Crippen molar-refractivity contribution in [1.29, 1.82) is 0 Å². The van der Waals surface area contributed by atoms with E-state index in [-0.39, 0.29) is 46.9 Å². The maximum absolute atomic E-state index is 14.1. The van der Waals surface area contributed by atoms with Gasteiger partial charge in [0.15, 0.2) is 0 Å². The van der Waals surface area contributed by atoms with E-state index in [1.165, 1.54) is 36.1 Å². The molecule has 1 aliphatic carbocycles. The van der Waals surface area contributed by atoms with Gasteiger partial charge in [0.05, 0.1) is 19.7 Å². The van der Waals surface area contributed by atoms with Crippen LogP contribution in [0.25, 0.3) is 0 Å². The number of benzene rings is 1. The molecule has 0 radical (unpaired) electrons. The summed E-state index contributed by atoms with van der Waals surface area (Å²) in [5, 5.41) is 4.41. The van der Waals surface area contributed by atoms with E-state index in [4.69, 9.17) is 16.3 Å². The van der Waals surface area contributed by atoms with Crippen molar-refractivity contribution in [3.8, 4) is 0 Å². The van der Waals surface area contributed by atoms with E-state index in [1.54, 1.807) is 11.0 Å². The SMILES string of the molecule is COCCn1nc(C(=O)N(Cc2c(F)cccc2Cl)C2CC2)ccc1=O. The monoisotopic (exact) mass is 379 g/mol. The molecule has 0 aliphatic heterocycles. The van der Waals surface area contributed by atoms with Gasteiger partial charge in [0, 0.05) is 29.8 Å². The molecule has 26 heavy (non-hydrogen) atoms. The van der Waals surface area contributed by atoms with Crippen LogP contribution in [0.5, 0.6) is 0 Å². The van der Waals surface area contributed by atoms with Crippen LogP contribution in [0, 0.1) is 5.82 Å². The second-order valence-corrected chi connectivity index (χ2v) is 6.54. The minimum atomic E-state index is -0.450. The Labute approximate surface area is 155 Å². The van der Waals surface area contributed by atoms with Crippen LogP contribution in [-0.4, -0.2) is 40.3 Å².